The molecule has 0 aromatic carbocycles. The zero-order valence-electron chi connectivity index (χ0n) is 9.95. The van der Waals surface area contributed by atoms with Gasteiger partial charge in [-0.1, -0.05) is 17.7 Å². The zero-order valence-corrected chi connectivity index (χ0v) is 12.9. The van der Waals surface area contributed by atoms with Gasteiger partial charge in [0.1, 0.15) is 10.7 Å². The summed E-state index contributed by atoms with van der Waals surface area (Å²) < 4.78 is 6.40. The lowest BCUT2D eigenvalue weighted by molar-refractivity contribution is 0.420. The molecule has 0 aliphatic carbocycles. The maximum Gasteiger partial charge on any atom is 0.150 e. The minimum atomic E-state index is 0.496. The highest BCUT2D eigenvalue weighted by Crippen LogP contribution is 2.40. The van der Waals surface area contributed by atoms with E-state index in [1.54, 1.807) is 19.5 Å². The number of halogens is 2. The Morgan fingerprint density at radius 2 is 2.21 bits per heavy atom. The lowest BCUT2D eigenvalue weighted by Crippen LogP contribution is -1.88. The average Bonchev–Trinajstić information content (AvgIpc) is 2.76. The van der Waals surface area contributed by atoms with Crippen LogP contribution in [0.2, 0.25) is 5.02 Å². The third kappa shape index (κ3) is 2.06. The second-order valence-corrected chi connectivity index (χ2v) is 5.40. The van der Waals surface area contributed by atoms with E-state index >= 15 is 0 Å². The van der Waals surface area contributed by atoms with Crippen LogP contribution in [0.1, 0.15) is 0 Å². The fourth-order valence-electron chi connectivity index (χ4n) is 2.06. The van der Waals surface area contributed by atoms with Gasteiger partial charge < -0.3 is 9.72 Å². The topological polar surface area (TPSA) is 50.8 Å². The first-order chi connectivity index (χ1) is 9.22. The number of aromatic amines is 1. The predicted molar refractivity (Wildman–Crippen MR) is 83.6 cm³/mol. The fourth-order valence-corrected chi connectivity index (χ4v) is 3.11. The van der Waals surface area contributed by atoms with Crippen molar-refractivity contribution in [2.24, 2.45) is 0 Å². The van der Waals surface area contributed by atoms with Crippen LogP contribution in [0.3, 0.4) is 0 Å². The number of H-pyrrole nitrogens is 1. The van der Waals surface area contributed by atoms with Gasteiger partial charge in [-0.2, -0.15) is 0 Å². The highest BCUT2D eigenvalue weighted by atomic mass is 127. The molecule has 0 fully saturated rings. The summed E-state index contributed by atoms with van der Waals surface area (Å²) in [5.74, 6) is 0.629. The molecular weight excluding hydrogens is 377 g/mol. The predicted octanol–water partition coefficient (Wildman–Crippen LogP) is 3.89. The molecular formula is C13H9ClIN3O. The molecule has 3 heterocycles. The van der Waals surface area contributed by atoms with Crippen molar-refractivity contribution in [3.05, 3.63) is 39.4 Å². The summed E-state index contributed by atoms with van der Waals surface area (Å²) in [5.41, 5.74) is 2.76. The molecule has 96 valence electrons. The van der Waals surface area contributed by atoms with E-state index in [1.165, 1.54) is 0 Å². The third-order valence-corrected chi connectivity index (χ3v) is 3.92. The smallest absolute Gasteiger partial charge is 0.150 e. The van der Waals surface area contributed by atoms with E-state index in [4.69, 9.17) is 16.3 Å². The van der Waals surface area contributed by atoms with Gasteiger partial charge in [0.25, 0.3) is 0 Å². The first-order valence-electron chi connectivity index (χ1n) is 5.52. The number of nitrogens with one attached hydrogen (secondary N) is 1. The van der Waals surface area contributed by atoms with Crippen LogP contribution in [0.15, 0.2) is 30.7 Å². The Morgan fingerprint density at radius 3 is 2.89 bits per heavy atom. The molecule has 0 radical (unpaired) electrons. The van der Waals surface area contributed by atoms with E-state index < -0.39 is 0 Å². The first-order valence-corrected chi connectivity index (χ1v) is 6.98. The summed E-state index contributed by atoms with van der Waals surface area (Å²) >= 11 is 8.39. The van der Waals surface area contributed by atoms with E-state index in [1.807, 2.05) is 18.3 Å². The summed E-state index contributed by atoms with van der Waals surface area (Å²) in [6.07, 6.45) is 5.14. The number of aromatic nitrogens is 3. The van der Waals surface area contributed by atoms with Gasteiger partial charge in [0.2, 0.25) is 0 Å². The maximum atomic E-state index is 6.15. The van der Waals surface area contributed by atoms with Crippen LogP contribution >= 0.6 is 34.2 Å². The van der Waals surface area contributed by atoms with Crippen LogP contribution in [0.5, 0.6) is 5.75 Å². The van der Waals surface area contributed by atoms with Gasteiger partial charge in [-0.3, -0.25) is 4.98 Å². The van der Waals surface area contributed by atoms with Crippen molar-refractivity contribution in [3.8, 4) is 16.9 Å². The fraction of sp³-hybridized carbons (Fsp3) is 0.0769. The molecule has 6 heteroatoms. The first kappa shape index (κ1) is 12.7. The molecule has 0 atom stereocenters. The van der Waals surface area contributed by atoms with Crippen LogP contribution in [-0.2, 0) is 0 Å². The number of nitrogens with zero attached hydrogens (tertiary/aromatic N) is 2. The molecule has 3 aromatic heterocycles. The van der Waals surface area contributed by atoms with Gasteiger partial charge in [0.15, 0.2) is 5.75 Å². The normalized spacial score (nSPS) is 10.9. The highest BCUT2D eigenvalue weighted by molar-refractivity contribution is 14.1. The summed E-state index contributed by atoms with van der Waals surface area (Å²) in [6.45, 7) is 0. The van der Waals surface area contributed by atoms with E-state index in [0.717, 1.165) is 25.9 Å². The zero-order chi connectivity index (χ0) is 13.4. The molecule has 0 aliphatic rings. The second-order valence-electron chi connectivity index (χ2n) is 3.92. The lowest BCUT2D eigenvalue weighted by atomic mass is 10.1. The molecule has 0 bridgehead atoms. The molecule has 0 spiro atoms. The van der Waals surface area contributed by atoms with Gasteiger partial charge in [-0.05, 0) is 28.7 Å². The van der Waals surface area contributed by atoms with Gasteiger partial charge in [0.05, 0.1) is 22.4 Å². The van der Waals surface area contributed by atoms with Crippen LogP contribution in [0, 0.1) is 3.70 Å². The van der Waals surface area contributed by atoms with Crippen LogP contribution in [0.25, 0.3) is 22.2 Å². The molecule has 3 rings (SSSR count). The highest BCUT2D eigenvalue weighted by Gasteiger charge is 2.18. The molecule has 0 saturated carbocycles. The molecule has 3 aromatic rings. The Balaban J connectivity index is 2.41. The Bertz CT molecular complexity index is 742. The second kappa shape index (κ2) is 4.97. The maximum absolute atomic E-state index is 6.15. The number of pyridine rings is 2. The number of ether oxygens (including phenoxy) is 1. The summed E-state index contributed by atoms with van der Waals surface area (Å²) in [6, 6.07) is 3.90. The van der Waals surface area contributed by atoms with Gasteiger partial charge in [-0.15, -0.1) is 0 Å². The van der Waals surface area contributed by atoms with Crippen molar-refractivity contribution in [3.63, 3.8) is 0 Å². The number of hydrogen-bond donors (Lipinski definition) is 1. The van der Waals surface area contributed by atoms with Crippen molar-refractivity contribution in [1.82, 2.24) is 15.0 Å². The molecule has 4 nitrogen and oxygen atoms in total. The minimum absolute atomic E-state index is 0.496. The monoisotopic (exact) mass is 385 g/mol. The Morgan fingerprint density at radius 1 is 1.37 bits per heavy atom. The largest absolute Gasteiger partial charge is 0.494 e. The van der Waals surface area contributed by atoms with Gasteiger partial charge in [0, 0.05) is 23.5 Å². The van der Waals surface area contributed by atoms with E-state index in [2.05, 4.69) is 37.5 Å². The summed E-state index contributed by atoms with van der Waals surface area (Å²) in [7, 11) is 1.60. The Hall–Kier alpha value is -1.34. The lowest BCUT2D eigenvalue weighted by Gasteiger charge is -2.06. The van der Waals surface area contributed by atoms with E-state index in [-0.39, 0.29) is 0 Å². The van der Waals surface area contributed by atoms with Crippen molar-refractivity contribution in [2.75, 3.05) is 7.11 Å². The average molecular weight is 386 g/mol. The number of methoxy groups -OCH3 is 1. The van der Waals surface area contributed by atoms with Crippen molar-refractivity contribution >= 4 is 45.2 Å². The van der Waals surface area contributed by atoms with Crippen molar-refractivity contribution in [2.45, 2.75) is 0 Å². The molecule has 0 amide bonds. The van der Waals surface area contributed by atoms with Gasteiger partial charge in [-0.25, -0.2) is 4.98 Å². The number of fused-ring (bicyclic) bond motifs is 1. The molecule has 19 heavy (non-hydrogen) atoms. The quantitative estimate of drug-likeness (QED) is 0.681. The minimum Gasteiger partial charge on any atom is -0.494 e. The third-order valence-electron chi connectivity index (χ3n) is 2.84. The standard InChI is InChI=1S/C13H9ClIN3O/c1-19-11-8(14)6-17-13-10(11)9(12(15)18-13)7-3-2-4-16-5-7/h2-6H,1H3,(H,17,18). The van der Waals surface area contributed by atoms with Crippen LogP contribution in [-0.4, -0.2) is 22.1 Å². The molecule has 0 aliphatic heterocycles. The molecule has 0 saturated heterocycles. The molecule has 1 N–H and O–H groups in total. The van der Waals surface area contributed by atoms with E-state index in [9.17, 15) is 0 Å². The van der Waals surface area contributed by atoms with Gasteiger partial charge >= 0.3 is 0 Å². The van der Waals surface area contributed by atoms with Crippen molar-refractivity contribution in [1.29, 1.82) is 0 Å². The van der Waals surface area contributed by atoms with E-state index in [0.29, 0.717) is 10.8 Å². The SMILES string of the molecule is COc1c(Cl)cnc2[nH]c(I)c(-c3cccnc3)c12. The summed E-state index contributed by atoms with van der Waals surface area (Å²) in [4.78, 5) is 11.7. The number of rotatable bonds is 2. The van der Waals surface area contributed by atoms with Crippen LogP contribution in [0.4, 0.5) is 0 Å². The van der Waals surface area contributed by atoms with Crippen LogP contribution < -0.4 is 4.74 Å². The number of hydrogen-bond acceptors (Lipinski definition) is 3. The summed E-state index contributed by atoms with van der Waals surface area (Å²) in [5, 5.41) is 1.38. The Labute approximate surface area is 128 Å². The van der Waals surface area contributed by atoms with Crippen molar-refractivity contribution < 1.29 is 4.74 Å². The molecule has 0 unspecified atom stereocenters. The Kier molecular flexibility index (Phi) is 3.32.